The van der Waals surface area contributed by atoms with Gasteiger partial charge in [-0.15, -0.1) is 11.3 Å². The third-order valence-corrected chi connectivity index (χ3v) is 4.06. The summed E-state index contributed by atoms with van der Waals surface area (Å²) in [6.45, 7) is 4.17. The lowest BCUT2D eigenvalue weighted by Crippen LogP contribution is -2.06. The molecule has 2 aromatic rings. The van der Waals surface area contributed by atoms with Crippen LogP contribution < -0.4 is 11.1 Å². The van der Waals surface area contributed by atoms with Gasteiger partial charge in [0.15, 0.2) is 0 Å². The Morgan fingerprint density at radius 3 is 2.65 bits per heavy atom. The average Bonchev–Trinajstić information content (AvgIpc) is 2.69. The highest BCUT2D eigenvalue weighted by Crippen LogP contribution is 2.30. The van der Waals surface area contributed by atoms with Crippen LogP contribution in [0.15, 0.2) is 30.3 Å². The van der Waals surface area contributed by atoms with Crippen LogP contribution in [0.2, 0.25) is 4.34 Å². The molecule has 0 amide bonds. The molecular formula is C13H15ClN2S. The van der Waals surface area contributed by atoms with E-state index < -0.39 is 0 Å². The van der Waals surface area contributed by atoms with E-state index >= 15 is 0 Å². The van der Waals surface area contributed by atoms with Gasteiger partial charge in [0, 0.05) is 16.3 Å². The fourth-order valence-corrected chi connectivity index (χ4v) is 2.78. The van der Waals surface area contributed by atoms with Gasteiger partial charge in [-0.05, 0) is 49.7 Å². The third-order valence-electron chi connectivity index (χ3n) is 2.64. The highest BCUT2D eigenvalue weighted by Gasteiger charge is 2.09. The molecule has 0 aliphatic heterocycles. The Morgan fingerprint density at radius 2 is 2.06 bits per heavy atom. The van der Waals surface area contributed by atoms with Crippen molar-refractivity contribution in [1.29, 1.82) is 0 Å². The van der Waals surface area contributed by atoms with E-state index in [2.05, 4.69) is 18.3 Å². The number of hydrogen-bond donors (Lipinski definition) is 2. The van der Waals surface area contributed by atoms with Crippen molar-refractivity contribution in [2.45, 2.75) is 19.9 Å². The molecule has 90 valence electrons. The van der Waals surface area contributed by atoms with Gasteiger partial charge < -0.3 is 11.1 Å². The number of nitrogens with two attached hydrogens (primary N) is 1. The van der Waals surface area contributed by atoms with Crippen molar-refractivity contribution in [3.8, 4) is 0 Å². The number of anilines is 2. The number of aryl methyl sites for hydroxylation is 1. The highest BCUT2D eigenvalue weighted by atomic mass is 35.5. The second-order valence-electron chi connectivity index (χ2n) is 4.08. The first kappa shape index (κ1) is 12.3. The largest absolute Gasteiger partial charge is 0.399 e. The topological polar surface area (TPSA) is 38.0 Å². The summed E-state index contributed by atoms with van der Waals surface area (Å²) in [5.74, 6) is 0. The lowest BCUT2D eigenvalue weighted by Gasteiger charge is -2.16. The summed E-state index contributed by atoms with van der Waals surface area (Å²) in [6.07, 6.45) is 0. The minimum absolute atomic E-state index is 0.245. The van der Waals surface area contributed by atoms with Crippen LogP contribution in [0.1, 0.15) is 23.4 Å². The van der Waals surface area contributed by atoms with Crippen LogP contribution in [-0.4, -0.2) is 0 Å². The molecule has 0 aliphatic rings. The summed E-state index contributed by atoms with van der Waals surface area (Å²) in [5.41, 5.74) is 8.78. The predicted octanol–water partition coefficient (Wildman–Crippen LogP) is 4.47. The van der Waals surface area contributed by atoms with Crippen molar-refractivity contribution in [2.24, 2.45) is 0 Å². The summed E-state index contributed by atoms with van der Waals surface area (Å²) >= 11 is 7.54. The van der Waals surface area contributed by atoms with Crippen molar-refractivity contribution in [1.82, 2.24) is 0 Å². The van der Waals surface area contributed by atoms with Crippen LogP contribution in [0.4, 0.5) is 11.4 Å². The van der Waals surface area contributed by atoms with Gasteiger partial charge in [0.1, 0.15) is 0 Å². The molecule has 2 rings (SSSR count). The number of hydrogen-bond acceptors (Lipinski definition) is 3. The van der Waals surface area contributed by atoms with Crippen LogP contribution in [-0.2, 0) is 0 Å². The van der Waals surface area contributed by atoms with Gasteiger partial charge in [-0.3, -0.25) is 0 Å². The van der Waals surface area contributed by atoms with Crippen LogP contribution in [0, 0.1) is 6.92 Å². The van der Waals surface area contributed by atoms with E-state index in [9.17, 15) is 0 Å². The summed E-state index contributed by atoms with van der Waals surface area (Å²) in [6, 6.07) is 10.1. The number of nitrogen functional groups attached to an aromatic ring is 1. The summed E-state index contributed by atoms with van der Waals surface area (Å²) < 4.78 is 0.822. The Bertz CT molecular complexity index is 522. The van der Waals surface area contributed by atoms with Crippen molar-refractivity contribution in [3.63, 3.8) is 0 Å². The molecule has 4 heteroatoms. The monoisotopic (exact) mass is 266 g/mol. The van der Waals surface area contributed by atoms with Gasteiger partial charge in [-0.25, -0.2) is 0 Å². The molecule has 1 aromatic carbocycles. The molecule has 0 aliphatic carbocycles. The van der Waals surface area contributed by atoms with Crippen LogP contribution in [0.3, 0.4) is 0 Å². The van der Waals surface area contributed by atoms with Gasteiger partial charge in [0.05, 0.1) is 10.4 Å². The van der Waals surface area contributed by atoms with E-state index in [-0.39, 0.29) is 6.04 Å². The third kappa shape index (κ3) is 2.93. The zero-order valence-corrected chi connectivity index (χ0v) is 11.4. The van der Waals surface area contributed by atoms with E-state index in [1.54, 1.807) is 11.3 Å². The quantitative estimate of drug-likeness (QED) is 0.805. The number of benzene rings is 1. The number of rotatable bonds is 3. The van der Waals surface area contributed by atoms with Gasteiger partial charge in [0.2, 0.25) is 0 Å². The van der Waals surface area contributed by atoms with Gasteiger partial charge in [-0.2, -0.15) is 0 Å². The second kappa shape index (κ2) is 4.98. The molecule has 0 fully saturated rings. The SMILES string of the molecule is Cc1cc(N)ccc1NC(C)c1ccc(Cl)s1. The van der Waals surface area contributed by atoms with Crippen molar-refractivity contribution < 1.29 is 0 Å². The van der Waals surface area contributed by atoms with Crippen LogP contribution in [0.25, 0.3) is 0 Å². The lowest BCUT2D eigenvalue weighted by molar-refractivity contribution is 0.906. The molecule has 1 atom stereocenters. The maximum absolute atomic E-state index is 5.93. The number of halogens is 1. The average molecular weight is 267 g/mol. The Morgan fingerprint density at radius 1 is 1.29 bits per heavy atom. The smallest absolute Gasteiger partial charge is 0.0932 e. The zero-order chi connectivity index (χ0) is 12.4. The summed E-state index contributed by atoms with van der Waals surface area (Å²) in [4.78, 5) is 1.23. The van der Waals surface area contributed by atoms with Gasteiger partial charge in [0.25, 0.3) is 0 Å². The fourth-order valence-electron chi connectivity index (χ4n) is 1.71. The first-order valence-corrected chi connectivity index (χ1v) is 6.63. The molecule has 0 spiro atoms. The predicted molar refractivity (Wildman–Crippen MR) is 77.0 cm³/mol. The highest BCUT2D eigenvalue weighted by molar-refractivity contribution is 7.16. The van der Waals surface area contributed by atoms with E-state index in [1.165, 1.54) is 4.88 Å². The molecule has 0 saturated heterocycles. The van der Waals surface area contributed by atoms with Gasteiger partial charge >= 0.3 is 0 Å². The second-order valence-corrected chi connectivity index (χ2v) is 5.83. The van der Waals surface area contributed by atoms with E-state index in [0.717, 1.165) is 21.3 Å². The molecule has 0 radical (unpaired) electrons. The van der Waals surface area contributed by atoms with Crippen molar-refractivity contribution >= 4 is 34.3 Å². The molecular weight excluding hydrogens is 252 g/mol. The Hall–Kier alpha value is -1.19. The maximum Gasteiger partial charge on any atom is 0.0932 e. The molecule has 2 nitrogen and oxygen atoms in total. The Labute approximate surface area is 110 Å². The fraction of sp³-hybridized carbons (Fsp3) is 0.231. The van der Waals surface area contributed by atoms with E-state index in [4.69, 9.17) is 17.3 Å². The molecule has 1 aromatic heterocycles. The molecule has 0 bridgehead atoms. The maximum atomic E-state index is 5.93. The summed E-state index contributed by atoms with van der Waals surface area (Å²) in [5, 5.41) is 3.46. The normalized spacial score (nSPS) is 12.4. The number of thiophene rings is 1. The standard InChI is InChI=1S/C13H15ClN2S/c1-8-7-10(15)3-4-11(8)16-9(2)12-5-6-13(14)17-12/h3-7,9,16H,15H2,1-2H3. The zero-order valence-electron chi connectivity index (χ0n) is 9.83. The molecule has 17 heavy (non-hydrogen) atoms. The molecule has 3 N–H and O–H groups in total. The van der Waals surface area contributed by atoms with Crippen molar-refractivity contribution in [2.75, 3.05) is 11.1 Å². The van der Waals surface area contributed by atoms with E-state index in [0.29, 0.717) is 0 Å². The minimum Gasteiger partial charge on any atom is -0.399 e. The van der Waals surface area contributed by atoms with Gasteiger partial charge in [-0.1, -0.05) is 11.6 Å². The number of nitrogens with one attached hydrogen (secondary N) is 1. The summed E-state index contributed by atoms with van der Waals surface area (Å²) in [7, 11) is 0. The first-order chi connectivity index (χ1) is 8.06. The van der Waals surface area contributed by atoms with Crippen LogP contribution >= 0.6 is 22.9 Å². The molecule has 0 saturated carbocycles. The molecule has 1 heterocycles. The first-order valence-electron chi connectivity index (χ1n) is 5.44. The van der Waals surface area contributed by atoms with Crippen LogP contribution in [0.5, 0.6) is 0 Å². The Balaban J connectivity index is 2.15. The lowest BCUT2D eigenvalue weighted by atomic mass is 10.1. The Kier molecular flexibility index (Phi) is 3.60. The van der Waals surface area contributed by atoms with E-state index in [1.807, 2.05) is 31.2 Å². The molecule has 1 unspecified atom stereocenters. The minimum atomic E-state index is 0.245. The van der Waals surface area contributed by atoms with Crippen molar-refractivity contribution in [3.05, 3.63) is 45.1 Å².